The number of hydrogen-bond acceptors (Lipinski definition) is 2. The Hall–Kier alpha value is -0.570. The van der Waals surface area contributed by atoms with E-state index in [4.69, 9.17) is 5.73 Å². The zero-order valence-corrected chi connectivity index (χ0v) is 10.7. The van der Waals surface area contributed by atoms with Gasteiger partial charge in [-0.3, -0.25) is 4.79 Å². The van der Waals surface area contributed by atoms with Crippen LogP contribution in [0.5, 0.6) is 0 Å². The Bertz CT molecular complexity index is 214. The van der Waals surface area contributed by atoms with Crippen molar-refractivity contribution in [2.24, 2.45) is 17.6 Å². The summed E-state index contributed by atoms with van der Waals surface area (Å²) in [7, 11) is 0. The zero-order chi connectivity index (χ0) is 12.0. The highest BCUT2D eigenvalue weighted by Crippen LogP contribution is 2.30. The van der Waals surface area contributed by atoms with Crippen LogP contribution in [-0.4, -0.2) is 30.4 Å². The highest BCUT2D eigenvalue weighted by Gasteiger charge is 2.28. The number of amides is 1. The summed E-state index contributed by atoms with van der Waals surface area (Å²) < 4.78 is 0. The van der Waals surface area contributed by atoms with Crippen LogP contribution in [0.2, 0.25) is 0 Å². The van der Waals surface area contributed by atoms with E-state index in [1.165, 1.54) is 12.8 Å². The van der Waals surface area contributed by atoms with Gasteiger partial charge in [-0.05, 0) is 44.6 Å². The fourth-order valence-electron chi connectivity index (χ4n) is 2.03. The Balaban J connectivity index is 2.37. The predicted octanol–water partition coefficient (Wildman–Crippen LogP) is 2.01. The van der Waals surface area contributed by atoms with E-state index < -0.39 is 0 Å². The smallest absolute Gasteiger partial charge is 0.225 e. The predicted molar refractivity (Wildman–Crippen MR) is 67.0 cm³/mol. The maximum atomic E-state index is 12.2. The molecule has 1 aliphatic rings. The minimum absolute atomic E-state index is 0.147. The molecule has 3 heteroatoms. The molecule has 2 N–H and O–H groups in total. The van der Waals surface area contributed by atoms with E-state index in [0.717, 1.165) is 38.3 Å². The first kappa shape index (κ1) is 13.5. The van der Waals surface area contributed by atoms with Crippen LogP contribution in [0.3, 0.4) is 0 Å². The summed E-state index contributed by atoms with van der Waals surface area (Å²) in [5.74, 6) is 1.27. The van der Waals surface area contributed by atoms with Gasteiger partial charge in [0.25, 0.3) is 0 Å². The summed E-state index contributed by atoms with van der Waals surface area (Å²) in [6, 6.07) is 0. The highest BCUT2D eigenvalue weighted by molar-refractivity contribution is 5.78. The summed E-state index contributed by atoms with van der Waals surface area (Å²) in [5, 5.41) is 0. The van der Waals surface area contributed by atoms with E-state index in [9.17, 15) is 4.79 Å². The molecule has 1 rings (SSSR count). The van der Waals surface area contributed by atoms with Crippen LogP contribution < -0.4 is 5.73 Å². The summed E-state index contributed by atoms with van der Waals surface area (Å²) >= 11 is 0. The number of carbonyl (C=O) groups is 1. The lowest BCUT2D eigenvalue weighted by molar-refractivity contribution is -0.135. The minimum Gasteiger partial charge on any atom is -0.342 e. The van der Waals surface area contributed by atoms with Gasteiger partial charge in [0.05, 0.1) is 0 Å². The van der Waals surface area contributed by atoms with Crippen molar-refractivity contribution >= 4 is 5.91 Å². The standard InChI is InChI=1S/C13H26N2O/c1-3-9-15(10-12-6-7-12)13(16)11(2)5-4-8-14/h11-12H,3-10,14H2,1-2H3. The lowest BCUT2D eigenvalue weighted by atomic mass is 10.0. The first-order valence-corrected chi connectivity index (χ1v) is 6.67. The van der Waals surface area contributed by atoms with E-state index >= 15 is 0 Å². The van der Waals surface area contributed by atoms with E-state index in [1.807, 2.05) is 6.92 Å². The summed E-state index contributed by atoms with van der Waals surface area (Å²) in [6.07, 6.45) is 5.56. The van der Waals surface area contributed by atoms with Gasteiger partial charge in [0, 0.05) is 19.0 Å². The van der Waals surface area contributed by atoms with Gasteiger partial charge < -0.3 is 10.6 Å². The molecule has 1 fully saturated rings. The van der Waals surface area contributed by atoms with Gasteiger partial charge in [-0.25, -0.2) is 0 Å². The number of nitrogens with zero attached hydrogens (tertiary/aromatic N) is 1. The summed E-state index contributed by atoms with van der Waals surface area (Å²) in [4.78, 5) is 14.3. The molecular formula is C13H26N2O. The molecule has 16 heavy (non-hydrogen) atoms. The van der Waals surface area contributed by atoms with Gasteiger partial charge in [0.2, 0.25) is 5.91 Å². The molecular weight excluding hydrogens is 200 g/mol. The van der Waals surface area contributed by atoms with Gasteiger partial charge in [-0.1, -0.05) is 13.8 Å². The lowest BCUT2D eigenvalue weighted by Crippen LogP contribution is -2.37. The lowest BCUT2D eigenvalue weighted by Gasteiger charge is -2.25. The molecule has 1 amide bonds. The average molecular weight is 226 g/mol. The van der Waals surface area contributed by atoms with Crippen molar-refractivity contribution in [3.8, 4) is 0 Å². The molecule has 0 aromatic heterocycles. The van der Waals surface area contributed by atoms with Crippen molar-refractivity contribution in [3.63, 3.8) is 0 Å². The van der Waals surface area contributed by atoms with E-state index in [2.05, 4.69) is 11.8 Å². The van der Waals surface area contributed by atoms with Crippen LogP contribution in [0.1, 0.15) is 46.0 Å². The van der Waals surface area contributed by atoms with Crippen molar-refractivity contribution in [2.75, 3.05) is 19.6 Å². The third-order valence-corrected chi connectivity index (χ3v) is 3.24. The number of hydrogen-bond donors (Lipinski definition) is 1. The van der Waals surface area contributed by atoms with Crippen LogP contribution in [-0.2, 0) is 4.79 Å². The van der Waals surface area contributed by atoms with Crippen LogP contribution in [0.4, 0.5) is 0 Å². The average Bonchev–Trinajstić information content (AvgIpc) is 3.08. The minimum atomic E-state index is 0.147. The molecule has 94 valence electrons. The van der Waals surface area contributed by atoms with Crippen LogP contribution >= 0.6 is 0 Å². The largest absolute Gasteiger partial charge is 0.342 e. The molecule has 0 radical (unpaired) electrons. The monoisotopic (exact) mass is 226 g/mol. The molecule has 3 nitrogen and oxygen atoms in total. The fraction of sp³-hybridized carbons (Fsp3) is 0.923. The number of rotatable bonds is 8. The topological polar surface area (TPSA) is 46.3 Å². The molecule has 1 saturated carbocycles. The van der Waals surface area contributed by atoms with E-state index in [0.29, 0.717) is 12.5 Å². The Kier molecular flexibility index (Phi) is 5.81. The van der Waals surface area contributed by atoms with Crippen molar-refractivity contribution in [1.29, 1.82) is 0 Å². The maximum Gasteiger partial charge on any atom is 0.225 e. The van der Waals surface area contributed by atoms with Crippen molar-refractivity contribution in [1.82, 2.24) is 4.90 Å². The second-order valence-electron chi connectivity index (χ2n) is 5.06. The molecule has 0 heterocycles. The molecule has 1 unspecified atom stereocenters. The first-order valence-electron chi connectivity index (χ1n) is 6.67. The highest BCUT2D eigenvalue weighted by atomic mass is 16.2. The van der Waals surface area contributed by atoms with Gasteiger partial charge in [0.15, 0.2) is 0 Å². The molecule has 0 saturated heterocycles. The Morgan fingerprint density at radius 2 is 2.19 bits per heavy atom. The van der Waals surface area contributed by atoms with Gasteiger partial charge in [-0.2, -0.15) is 0 Å². The first-order chi connectivity index (χ1) is 7.69. The molecule has 0 aliphatic heterocycles. The second-order valence-corrected chi connectivity index (χ2v) is 5.06. The second kappa shape index (κ2) is 6.89. The third kappa shape index (κ3) is 4.52. The van der Waals surface area contributed by atoms with Crippen LogP contribution in [0, 0.1) is 11.8 Å². The molecule has 1 aliphatic carbocycles. The van der Waals surface area contributed by atoms with Crippen LogP contribution in [0.15, 0.2) is 0 Å². The Morgan fingerprint density at radius 3 is 2.69 bits per heavy atom. The van der Waals surface area contributed by atoms with E-state index in [-0.39, 0.29) is 5.92 Å². The third-order valence-electron chi connectivity index (χ3n) is 3.24. The maximum absolute atomic E-state index is 12.2. The Morgan fingerprint density at radius 1 is 1.50 bits per heavy atom. The SMILES string of the molecule is CCCN(CC1CC1)C(=O)C(C)CCCN. The van der Waals surface area contributed by atoms with Crippen molar-refractivity contribution < 1.29 is 4.79 Å². The van der Waals surface area contributed by atoms with Crippen LogP contribution in [0.25, 0.3) is 0 Å². The number of carbonyl (C=O) groups excluding carboxylic acids is 1. The molecule has 0 aromatic rings. The zero-order valence-electron chi connectivity index (χ0n) is 10.7. The van der Waals surface area contributed by atoms with Crippen molar-refractivity contribution in [3.05, 3.63) is 0 Å². The molecule has 0 bridgehead atoms. The fourth-order valence-corrected chi connectivity index (χ4v) is 2.03. The normalized spacial score (nSPS) is 17.2. The molecule has 0 spiro atoms. The quantitative estimate of drug-likeness (QED) is 0.688. The Labute approximate surface area is 99.4 Å². The molecule has 1 atom stereocenters. The summed E-state index contributed by atoms with van der Waals surface area (Å²) in [5.41, 5.74) is 5.48. The molecule has 0 aromatic carbocycles. The van der Waals surface area contributed by atoms with Gasteiger partial charge in [0.1, 0.15) is 0 Å². The number of nitrogens with two attached hydrogens (primary N) is 1. The van der Waals surface area contributed by atoms with Gasteiger partial charge >= 0.3 is 0 Å². The van der Waals surface area contributed by atoms with Crippen molar-refractivity contribution in [2.45, 2.75) is 46.0 Å². The van der Waals surface area contributed by atoms with E-state index in [1.54, 1.807) is 0 Å². The summed E-state index contributed by atoms with van der Waals surface area (Å²) in [6.45, 7) is 6.77. The van der Waals surface area contributed by atoms with Gasteiger partial charge in [-0.15, -0.1) is 0 Å².